The molecule has 0 radical (unpaired) electrons. The number of hydrogen-bond acceptors (Lipinski definition) is 9. The first kappa shape index (κ1) is 24.3. The molecule has 2 amide bonds. The fourth-order valence-corrected chi connectivity index (χ4v) is 3.82. The van der Waals surface area contributed by atoms with Gasteiger partial charge in [-0.25, -0.2) is 9.78 Å². The third kappa shape index (κ3) is 5.03. The van der Waals surface area contributed by atoms with Crippen LogP contribution in [0.5, 0.6) is 5.75 Å². The summed E-state index contributed by atoms with van der Waals surface area (Å²) in [5.74, 6) is -3.39. The molecular formula is C18H26N4O8S. The lowest BCUT2D eigenvalue weighted by Gasteiger charge is -2.29. The van der Waals surface area contributed by atoms with Gasteiger partial charge in [0.2, 0.25) is 5.75 Å². The average molecular weight is 458 g/mol. The van der Waals surface area contributed by atoms with E-state index in [1.807, 2.05) is 0 Å². The first-order valence-electron chi connectivity index (χ1n) is 9.42. The number of rotatable bonds is 4. The lowest BCUT2D eigenvalue weighted by molar-refractivity contribution is -0.151. The maximum atomic E-state index is 13.2. The summed E-state index contributed by atoms with van der Waals surface area (Å²) >= 11 is 0. The predicted molar refractivity (Wildman–Crippen MR) is 108 cm³/mol. The summed E-state index contributed by atoms with van der Waals surface area (Å²) in [6.45, 7) is 1.73. The Balaban J connectivity index is 2.77. The van der Waals surface area contributed by atoms with E-state index >= 15 is 0 Å². The van der Waals surface area contributed by atoms with E-state index in [0.29, 0.717) is 19.3 Å². The molecule has 0 saturated heterocycles. The smallest absolute Gasteiger partial charge is 0.360 e. The molecule has 0 fully saturated rings. The van der Waals surface area contributed by atoms with Crippen LogP contribution < -0.4 is 9.74 Å². The molecule has 13 heteroatoms. The first-order valence-corrected chi connectivity index (χ1v) is 11.2. The third-order valence-corrected chi connectivity index (χ3v) is 5.40. The highest BCUT2D eigenvalue weighted by Gasteiger charge is 2.36. The zero-order valence-electron chi connectivity index (χ0n) is 18.2. The fourth-order valence-electron chi connectivity index (χ4n) is 3.37. The van der Waals surface area contributed by atoms with Gasteiger partial charge in [0.15, 0.2) is 5.69 Å². The van der Waals surface area contributed by atoms with E-state index in [9.17, 15) is 27.6 Å². The summed E-state index contributed by atoms with van der Waals surface area (Å²) in [5.41, 5.74) is -1.52. The summed E-state index contributed by atoms with van der Waals surface area (Å²) in [4.78, 5) is 56.8. The van der Waals surface area contributed by atoms with Gasteiger partial charge in [0.05, 0.1) is 19.4 Å². The number of likely N-dealkylation sites (N-methyl/N-ethyl adjacent to an activating group) is 2. The second-order valence-corrected chi connectivity index (χ2v) is 9.09. The van der Waals surface area contributed by atoms with Crippen molar-refractivity contribution in [2.75, 3.05) is 34.5 Å². The van der Waals surface area contributed by atoms with Gasteiger partial charge < -0.3 is 18.7 Å². The number of nitrogens with zero attached hydrogens (tertiary/aromatic N) is 4. The van der Waals surface area contributed by atoms with Crippen molar-refractivity contribution >= 4 is 27.9 Å². The Bertz CT molecular complexity index is 1060. The summed E-state index contributed by atoms with van der Waals surface area (Å²) in [7, 11) is 1.16. The summed E-state index contributed by atoms with van der Waals surface area (Å²) in [5, 5.41) is 0. The zero-order chi connectivity index (χ0) is 23.7. The highest BCUT2D eigenvalue weighted by atomic mass is 32.2. The van der Waals surface area contributed by atoms with Crippen molar-refractivity contribution < 1.29 is 31.7 Å². The van der Waals surface area contributed by atoms with Gasteiger partial charge in [0.25, 0.3) is 5.56 Å². The molecule has 0 aromatic carbocycles. The van der Waals surface area contributed by atoms with Crippen molar-refractivity contribution in [3.05, 3.63) is 21.9 Å². The molecule has 1 aromatic rings. The minimum atomic E-state index is -4.16. The minimum Gasteiger partial charge on any atom is -0.464 e. The van der Waals surface area contributed by atoms with Crippen LogP contribution in [0, 0.1) is 0 Å². The number of carbonyl (C=O) groups excluding carboxylic acids is 3. The Labute approximate surface area is 179 Å². The van der Waals surface area contributed by atoms with Crippen molar-refractivity contribution in [1.29, 1.82) is 0 Å². The molecule has 2 rings (SSSR count). The Kier molecular flexibility index (Phi) is 7.09. The van der Waals surface area contributed by atoms with Gasteiger partial charge in [0.1, 0.15) is 5.82 Å². The molecule has 0 aliphatic carbocycles. The number of hydrogen-bond donors (Lipinski definition) is 0. The minimum absolute atomic E-state index is 0.0404. The topological polar surface area (TPSA) is 145 Å². The quantitative estimate of drug-likeness (QED) is 0.337. The van der Waals surface area contributed by atoms with Crippen LogP contribution in [0.2, 0.25) is 0 Å². The SMILES string of the molecule is COC(=O)c1nc2n(c(=O)c1OS(C)(=O)=O)C(C)CCCC2N(C)C(=O)C(=O)N(C)C. The summed E-state index contributed by atoms with van der Waals surface area (Å²) in [6.07, 6.45) is 2.20. The average Bonchev–Trinajstić information content (AvgIpc) is 2.85. The van der Waals surface area contributed by atoms with Crippen LogP contribution in [0.25, 0.3) is 0 Å². The van der Waals surface area contributed by atoms with Gasteiger partial charge >= 0.3 is 27.9 Å². The second kappa shape index (κ2) is 9.04. The number of carbonyl (C=O) groups is 3. The van der Waals surface area contributed by atoms with Crippen molar-refractivity contribution in [2.24, 2.45) is 0 Å². The molecule has 2 atom stereocenters. The maximum absolute atomic E-state index is 13.2. The number of amides is 2. The van der Waals surface area contributed by atoms with E-state index < -0.39 is 57.0 Å². The highest BCUT2D eigenvalue weighted by Crippen LogP contribution is 2.33. The lowest BCUT2D eigenvalue weighted by atomic mass is 10.1. The van der Waals surface area contributed by atoms with Gasteiger partial charge in [-0.3, -0.25) is 19.0 Å². The van der Waals surface area contributed by atoms with Gasteiger partial charge in [0, 0.05) is 27.2 Å². The molecule has 2 heterocycles. The largest absolute Gasteiger partial charge is 0.464 e. The lowest BCUT2D eigenvalue weighted by Crippen LogP contribution is -2.44. The number of esters is 1. The van der Waals surface area contributed by atoms with Crippen molar-refractivity contribution in [3.63, 3.8) is 0 Å². The van der Waals surface area contributed by atoms with E-state index in [-0.39, 0.29) is 5.82 Å². The zero-order valence-corrected chi connectivity index (χ0v) is 19.1. The maximum Gasteiger partial charge on any atom is 0.360 e. The predicted octanol–water partition coefficient (Wildman–Crippen LogP) is -0.299. The second-order valence-electron chi connectivity index (χ2n) is 7.51. The van der Waals surface area contributed by atoms with Crippen molar-refractivity contribution in [2.45, 2.75) is 38.3 Å². The van der Waals surface area contributed by atoms with Crippen LogP contribution in [-0.4, -0.2) is 80.1 Å². The molecule has 0 N–H and O–H groups in total. The summed E-state index contributed by atoms with van der Waals surface area (Å²) < 4.78 is 34.0. The van der Waals surface area contributed by atoms with Crippen molar-refractivity contribution in [3.8, 4) is 5.75 Å². The monoisotopic (exact) mass is 458 g/mol. The van der Waals surface area contributed by atoms with Gasteiger partial charge in [-0.15, -0.1) is 0 Å². The van der Waals surface area contributed by atoms with Crippen LogP contribution in [0.1, 0.15) is 54.6 Å². The molecule has 0 spiro atoms. The Morgan fingerprint density at radius 1 is 1.13 bits per heavy atom. The Hall–Kier alpha value is -2.96. The van der Waals surface area contributed by atoms with E-state index in [1.165, 1.54) is 25.7 Å². The third-order valence-electron chi connectivity index (χ3n) is 4.93. The number of fused-ring (bicyclic) bond motifs is 1. The molecule has 2 unspecified atom stereocenters. The molecule has 12 nitrogen and oxygen atoms in total. The molecule has 0 saturated carbocycles. The fraction of sp³-hybridized carbons (Fsp3) is 0.611. The van der Waals surface area contributed by atoms with E-state index in [2.05, 4.69) is 9.72 Å². The van der Waals surface area contributed by atoms with E-state index in [4.69, 9.17) is 4.18 Å². The molecule has 31 heavy (non-hydrogen) atoms. The van der Waals surface area contributed by atoms with Crippen LogP contribution in [0.3, 0.4) is 0 Å². The van der Waals surface area contributed by atoms with Gasteiger partial charge in [-0.1, -0.05) is 0 Å². The molecule has 1 aliphatic rings. The summed E-state index contributed by atoms with van der Waals surface area (Å²) in [6, 6.07) is -1.24. The molecule has 1 aromatic heterocycles. The van der Waals surface area contributed by atoms with Crippen LogP contribution >= 0.6 is 0 Å². The first-order chi connectivity index (χ1) is 14.3. The molecule has 172 valence electrons. The van der Waals surface area contributed by atoms with Crippen molar-refractivity contribution in [1.82, 2.24) is 19.4 Å². The van der Waals surface area contributed by atoms with Crippen LogP contribution in [0.15, 0.2) is 4.79 Å². The normalized spacial score (nSPS) is 18.4. The van der Waals surface area contributed by atoms with E-state index in [1.54, 1.807) is 6.92 Å². The van der Waals surface area contributed by atoms with Crippen LogP contribution in [0.4, 0.5) is 0 Å². The Morgan fingerprint density at radius 3 is 2.26 bits per heavy atom. The van der Waals surface area contributed by atoms with Crippen LogP contribution in [-0.2, 0) is 24.4 Å². The number of ether oxygens (including phenoxy) is 1. The number of methoxy groups -OCH3 is 1. The van der Waals surface area contributed by atoms with Gasteiger partial charge in [-0.05, 0) is 26.2 Å². The molecular weight excluding hydrogens is 432 g/mol. The Morgan fingerprint density at radius 2 is 1.74 bits per heavy atom. The standard InChI is InChI=1S/C18H26N4O8S/c1-10-8-7-9-11(21(4)17(25)16(24)20(2)3)14-19-12(18(26)29-5)13(15(23)22(10)14)30-31(6,27)28/h10-11H,7-9H2,1-6H3. The van der Waals surface area contributed by atoms with E-state index in [0.717, 1.165) is 23.2 Å². The van der Waals surface area contributed by atoms with Gasteiger partial charge in [-0.2, -0.15) is 8.42 Å². The molecule has 0 bridgehead atoms. The molecule has 1 aliphatic heterocycles. The highest BCUT2D eigenvalue weighted by molar-refractivity contribution is 7.86. The number of aromatic nitrogens is 2.